The minimum Gasteiger partial charge on any atom is -0.301 e. The van der Waals surface area contributed by atoms with Crippen molar-refractivity contribution in [2.45, 2.75) is 19.8 Å². The number of aromatic nitrogens is 1. The van der Waals surface area contributed by atoms with Gasteiger partial charge in [-0.2, -0.15) is 0 Å². The summed E-state index contributed by atoms with van der Waals surface area (Å²) >= 11 is 0. The monoisotopic (exact) mass is 336 g/mol. The van der Waals surface area contributed by atoms with E-state index < -0.39 is 9.84 Å². The molecule has 3 rings (SSSR count). The summed E-state index contributed by atoms with van der Waals surface area (Å²) in [6, 6.07) is 0. The summed E-state index contributed by atoms with van der Waals surface area (Å²) in [6.07, 6.45) is 8.00. The number of hydroxylamine groups is 2. The van der Waals surface area contributed by atoms with Gasteiger partial charge in [0.1, 0.15) is 22.2 Å². The Morgan fingerprint density at radius 1 is 1.39 bits per heavy atom. The van der Waals surface area contributed by atoms with Gasteiger partial charge in [-0.15, -0.1) is 0 Å². The minimum atomic E-state index is -2.95. The number of fused-ring (bicyclic) bond motifs is 3. The number of aliphatic imine (C=N–C) groups is 1. The molecule has 0 unspecified atom stereocenters. The molecule has 23 heavy (non-hydrogen) atoms. The first-order valence-electron chi connectivity index (χ1n) is 7.39. The van der Waals surface area contributed by atoms with Gasteiger partial charge in [-0.3, -0.25) is 9.83 Å². The number of hydrogen-bond donors (Lipinski definition) is 0. The van der Waals surface area contributed by atoms with Crippen LogP contribution in [0.15, 0.2) is 23.1 Å². The smallest absolute Gasteiger partial charge is 0.160 e. The van der Waals surface area contributed by atoms with Crippen molar-refractivity contribution < 1.29 is 13.3 Å². The van der Waals surface area contributed by atoms with Crippen LogP contribution in [0, 0.1) is 6.92 Å². The summed E-state index contributed by atoms with van der Waals surface area (Å²) in [5.41, 5.74) is 3.85. The Labute approximate surface area is 136 Å². The molecule has 0 atom stereocenters. The Kier molecular flexibility index (Phi) is 4.11. The molecule has 0 N–H and O–H groups in total. The van der Waals surface area contributed by atoms with Gasteiger partial charge in [-0.1, -0.05) is 0 Å². The van der Waals surface area contributed by atoms with Crippen molar-refractivity contribution in [2.75, 3.05) is 30.7 Å². The lowest BCUT2D eigenvalue weighted by Crippen LogP contribution is -2.29. The summed E-state index contributed by atoms with van der Waals surface area (Å²) in [6.45, 7) is 2.54. The molecular weight excluding hydrogens is 316 g/mol. The van der Waals surface area contributed by atoms with E-state index >= 15 is 0 Å². The van der Waals surface area contributed by atoms with E-state index in [0.717, 1.165) is 28.3 Å². The van der Waals surface area contributed by atoms with Gasteiger partial charge in [0.25, 0.3) is 0 Å². The van der Waals surface area contributed by atoms with E-state index in [1.165, 1.54) is 6.26 Å². The van der Waals surface area contributed by atoms with Crippen LogP contribution in [0.2, 0.25) is 0 Å². The predicted octanol–water partition coefficient (Wildman–Crippen LogP) is 1.57. The highest BCUT2D eigenvalue weighted by Gasteiger charge is 2.29. The molecule has 8 heteroatoms. The molecule has 1 aromatic heterocycles. The van der Waals surface area contributed by atoms with Crippen LogP contribution < -0.4 is 4.90 Å². The molecule has 0 amide bonds. The molecule has 0 aliphatic carbocycles. The van der Waals surface area contributed by atoms with E-state index in [-0.39, 0.29) is 5.75 Å². The molecular formula is C15H20N4O3S. The maximum absolute atomic E-state index is 11.3. The van der Waals surface area contributed by atoms with E-state index in [4.69, 9.17) is 4.84 Å². The molecule has 0 saturated carbocycles. The van der Waals surface area contributed by atoms with Crippen LogP contribution in [0.4, 0.5) is 11.5 Å². The quantitative estimate of drug-likeness (QED) is 0.812. The van der Waals surface area contributed by atoms with E-state index in [1.54, 1.807) is 18.4 Å². The van der Waals surface area contributed by atoms with Crippen molar-refractivity contribution in [2.24, 2.45) is 4.99 Å². The zero-order valence-electron chi connectivity index (χ0n) is 13.5. The summed E-state index contributed by atoms with van der Waals surface area (Å²) < 4.78 is 22.7. The number of rotatable bonds is 5. The molecule has 0 aromatic carbocycles. The van der Waals surface area contributed by atoms with Gasteiger partial charge in [0.05, 0.1) is 31.0 Å². The molecule has 124 valence electrons. The Morgan fingerprint density at radius 2 is 2.17 bits per heavy atom. The highest BCUT2D eigenvalue weighted by atomic mass is 32.2. The third-order valence-corrected chi connectivity index (χ3v) is 5.01. The van der Waals surface area contributed by atoms with Gasteiger partial charge < -0.3 is 4.90 Å². The molecule has 1 aromatic rings. The molecule has 0 fully saturated rings. The Hall–Kier alpha value is -1.93. The van der Waals surface area contributed by atoms with Crippen molar-refractivity contribution in [1.82, 2.24) is 10.0 Å². The molecule has 0 spiro atoms. The van der Waals surface area contributed by atoms with Gasteiger partial charge in [0.15, 0.2) is 5.82 Å². The van der Waals surface area contributed by atoms with Crippen molar-refractivity contribution in [3.05, 3.63) is 29.2 Å². The second-order valence-electron chi connectivity index (χ2n) is 5.81. The van der Waals surface area contributed by atoms with E-state index in [0.29, 0.717) is 19.5 Å². The molecule has 2 aliphatic rings. The summed E-state index contributed by atoms with van der Waals surface area (Å²) in [5, 5.41) is 1.71. The number of aryl methyl sites for hydroxylation is 1. The first kappa shape index (κ1) is 15.9. The van der Waals surface area contributed by atoms with Crippen molar-refractivity contribution in [3.8, 4) is 0 Å². The lowest BCUT2D eigenvalue weighted by molar-refractivity contribution is -0.0790. The van der Waals surface area contributed by atoms with Gasteiger partial charge in [-0.05, 0) is 30.9 Å². The van der Waals surface area contributed by atoms with Gasteiger partial charge in [0, 0.05) is 12.5 Å². The predicted molar refractivity (Wildman–Crippen MR) is 89.4 cm³/mol. The average molecular weight is 336 g/mol. The third kappa shape index (κ3) is 3.23. The molecule has 7 nitrogen and oxygen atoms in total. The fraction of sp³-hybridized carbons (Fsp3) is 0.467. The lowest BCUT2D eigenvalue weighted by Gasteiger charge is -2.26. The van der Waals surface area contributed by atoms with Gasteiger partial charge in [-0.25, -0.2) is 18.5 Å². The zero-order chi connectivity index (χ0) is 16.6. The summed E-state index contributed by atoms with van der Waals surface area (Å²) in [7, 11) is -1.33. The van der Waals surface area contributed by atoms with E-state index in [9.17, 15) is 8.42 Å². The fourth-order valence-electron chi connectivity index (χ4n) is 2.79. The van der Waals surface area contributed by atoms with Crippen molar-refractivity contribution >= 4 is 27.6 Å². The highest BCUT2D eigenvalue weighted by molar-refractivity contribution is 7.90. The van der Waals surface area contributed by atoms with Crippen LogP contribution in [0.25, 0.3) is 0 Å². The second kappa shape index (κ2) is 5.93. The van der Waals surface area contributed by atoms with Gasteiger partial charge >= 0.3 is 0 Å². The zero-order valence-corrected chi connectivity index (χ0v) is 14.3. The first-order chi connectivity index (χ1) is 10.9. The Balaban J connectivity index is 1.89. The summed E-state index contributed by atoms with van der Waals surface area (Å²) in [5.74, 6) is 0.970. The van der Waals surface area contributed by atoms with Gasteiger partial charge in [0.2, 0.25) is 0 Å². The first-order valence-corrected chi connectivity index (χ1v) is 9.45. The average Bonchev–Trinajstić information content (AvgIpc) is 2.91. The molecule has 0 radical (unpaired) electrons. The normalized spacial score (nSPS) is 16.4. The largest absolute Gasteiger partial charge is 0.301 e. The molecule has 3 heterocycles. The number of hydrogen-bond acceptors (Lipinski definition) is 7. The Morgan fingerprint density at radius 3 is 2.87 bits per heavy atom. The number of pyridine rings is 1. The van der Waals surface area contributed by atoms with Crippen LogP contribution in [0.5, 0.6) is 0 Å². The Bertz CT molecular complexity index is 786. The second-order valence-corrected chi connectivity index (χ2v) is 8.07. The standard InChI is InChI=1S/C15H20N4O3S/c1-11-7-17-15-14(13(11)5-4-6-23(3,20)21)16-8-12-9-18(22-2)10-19(12)15/h7-9H,4-6,10H2,1-3H3. The van der Waals surface area contributed by atoms with Crippen LogP contribution in [-0.4, -0.2) is 50.5 Å². The minimum absolute atomic E-state index is 0.180. The van der Waals surface area contributed by atoms with Crippen LogP contribution in [-0.2, 0) is 21.1 Å². The number of nitrogens with zero attached hydrogens (tertiary/aromatic N) is 4. The maximum atomic E-state index is 11.3. The molecule has 2 aliphatic heterocycles. The highest BCUT2D eigenvalue weighted by Crippen LogP contribution is 2.39. The van der Waals surface area contributed by atoms with Crippen LogP contribution in [0.3, 0.4) is 0 Å². The van der Waals surface area contributed by atoms with E-state index in [2.05, 4.69) is 9.98 Å². The number of anilines is 1. The van der Waals surface area contributed by atoms with Crippen LogP contribution in [0.1, 0.15) is 17.5 Å². The number of allylic oxidation sites excluding steroid dienone is 1. The molecule has 0 bridgehead atoms. The third-order valence-electron chi connectivity index (χ3n) is 3.98. The lowest BCUT2D eigenvalue weighted by atomic mass is 10.0. The fourth-order valence-corrected chi connectivity index (χ4v) is 3.46. The topological polar surface area (TPSA) is 75.1 Å². The maximum Gasteiger partial charge on any atom is 0.160 e. The van der Waals surface area contributed by atoms with Crippen molar-refractivity contribution in [3.63, 3.8) is 0 Å². The number of sulfone groups is 1. The SMILES string of the molecule is CON1C=C2C=Nc3c(ncc(C)c3CCCS(C)(=O)=O)N2C1. The van der Waals surface area contributed by atoms with Crippen LogP contribution >= 0.6 is 0 Å². The summed E-state index contributed by atoms with van der Waals surface area (Å²) in [4.78, 5) is 16.3. The molecule has 0 saturated heterocycles. The van der Waals surface area contributed by atoms with E-state index in [1.807, 2.05) is 24.2 Å². The van der Waals surface area contributed by atoms with Crippen molar-refractivity contribution in [1.29, 1.82) is 0 Å².